The number of hydrogen-bond donors (Lipinski definition) is 8. The Morgan fingerprint density at radius 1 is 0.596 bits per heavy atom. The summed E-state index contributed by atoms with van der Waals surface area (Å²) in [5.74, 6) is -1.37. The van der Waals surface area contributed by atoms with Crippen LogP contribution in [0.5, 0.6) is 5.75 Å². The van der Waals surface area contributed by atoms with Crippen molar-refractivity contribution in [1.82, 2.24) is 0 Å². The number of phenolic OH excluding ortho intramolecular Hbond substituents is 1. The molecule has 4 aromatic rings. The first kappa shape index (κ1) is 41.1. The Morgan fingerprint density at radius 3 is 1.77 bits per heavy atom. The molecule has 0 fully saturated rings. The van der Waals surface area contributed by atoms with Crippen molar-refractivity contribution in [3.05, 3.63) is 48.5 Å². The molecular weight excluding hydrogens is 831 g/mol. The molecule has 4 rings (SSSR count). The molecule has 4 aromatic carbocycles. The predicted octanol–water partition coefficient (Wildman–Crippen LogP) is 5.98. The first-order chi connectivity index (χ1) is 24.4. The van der Waals surface area contributed by atoms with Gasteiger partial charge in [-0.25, -0.2) is 15.8 Å². The van der Waals surface area contributed by atoms with Crippen LogP contribution in [0.1, 0.15) is 0 Å². The quantitative estimate of drug-likeness (QED) is 0.0160. The molecule has 0 saturated heterocycles. The molecule has 0 heterocycles. The maximum Gasteiger partial charge on any atom is 0.297 e. The summed E-state index contributed by atoms with van der Waals surface area (Å²) >= 11 is 0.636. The third-order valence-corrected chi connectivity index (χ3v) is 10.5. The summed E-state index contributed by atoms with van der Waals surface area (Å²) in [5, 5.41) is 60.8. The fourth-order valence-electron chi connectivity index (χ4n) is 4.04. The van der Waals surface area contributed by atoms with E-state index in [9.17, 15) is 44.0 Å². The van der Waals surface area contributed by atoms with Gasteiger partial charge in [-0.1, -0.05) is 15.1 Å². The summed E-state index contributed by atoms with van der Waals surface area (Å²) < 4.78 is 118. The number of nitrogens with zero attached hydrogens (tertiary/aromatic N) is 4. The molecule has 0 saturated carbocycles. The van der Waals surface area contributed by atoms with Crippen LogP contribution in [-0.2, 0) is 58.5 Å². The Hall–Kier alpha value is -3.64. The molecule has 52 heavy (non-hydrogen) atoms. The van der Waals surface area contributed by atoms with Crippen molar-refractivity contribution < 1.29 is 87.9 Å². The van der Waals surface area contributed by atoms with Gasteiger partial charge < -0.3 is 10.8 Å². The van der Waals surface area contributed by atoms with Gasteiger partial charge in [-0.05, 0) is 53.9 Å². The van der Waals surface area contributed by atoms with Crippen LogP contribution in [0.4, 0.5) is 28.4 Å². The minimum Gasteiger partial charge on any atom is -0.505 e. The van der Waals surface area contributed by atoms with E-state index in [0.29, 0.717) is 30.2 Å². The normalized spacial score (nSPS) is 12.8. The van der Waals surface area contributed by atoms with Gasteiger partial charge in [-0.15, -0.1) is 33.5 Å². The first-order valence-electron chi connectivity index (χ1n) is 12.5. The van der Waals surface area contributed by atoms with Crippen LogP contribution in [0.15, 0.2) is 98.4 Å². The lowest BCUT2D eigenvalue weighted by atomic mass is 10.1. The monoisotopic (exact) mass is 847 g/mol. The van der Waals surface area contributed by atoms with Crippen molar-refractivity contribution in [2.24, 2.45) is 20.5 Å². The molecule has 0 aliphatic heterocycles. The third-order valence-electron chi connectivity index (χ3n) is 5.94. The van der Waals surface area contributed by atoms with Crippen molar-refractivity contribution in [2.75, 3.05) is 5.73 Å². The third kappa shape index (κ3) is 9.86. The van der Waals surface area contributed by atoms with Gasteiger partial charge in [0.2, 0.25) is 0 Å². The molecule has 24 nitrogen and oxygen atoms in total. The second-order valence-corrected chi connectivity index (χ2v) is 15.5. The van der Waals surface area contributed by atoms with E-state index in [1.54, 1.807) is 0 Å². The fraction of sp³-hybridized carbons (Fsp3) is 0. The van der Waals surface area contributed by atoms with Crippen molar-refractivity contribution >= 4 is 106 Å². The van der Waals surface area contributed by atoms with Gasteiger partial charge in [0, 0.05) is 16.0 Å². The van der Waals surface area contributed by atoms with Crippen molar-refractivity contribution in [2.45, 2.75) is 29.4 Å². The Balaban J connectivity index is 2.10. The molecule has 0 unspecified atom stereocenters. The van der Waals surface area contributed by atoms with Gasteiger partial charge in [0.15, 0.2) is 5.75 Å². The molecule has 9 N–H and O–H groups in total. The van der Waals surface area contributed by atoms with Crippen molar-refractivity contribution in [3.8, 4) is 5.75 Å². The number of azo groups is 2. The average molecular weight is 848 g/mol. The van der Waals surface area contributed by atoms with Gasteiger partial charge in [-0.2, -0.15) is 25.3 Å². The largest absolute Gasteiger partial charge is 0.505 e. The number of nitrogen functional groups attached to an aromatic ring is 1. The van der Waals surface area contributed by atoms with E-state index in [4.69, 9.17) is 21.5 Å². The second-order valence-electron chi connectivity index (χ2n) is 9.08. The SMILES string of the molecule is Nc1ccc(SOOO)c(N=Nc2c(S(=O)(=O)O)cc3cc(SOOO)c(N=Nc4cc(SOOO)ccc4S(=O)(=O)O)c(S(=O)(=O)O)c3c2O)c1. The zero-order chi connectivity index (χ0) is 38.4. The van der Waals surface area contributed by atoms with Gasteiger partial charge in [0.25, 0.3) is 30.4 Å². The highest BCUT2D eigenvalue weighted by Crippen LogP contribution is 2.50. The van der Waals surface area contributed by atoms with Gasteiger partial charge in [0.05, 0.1) is 45.9 Å². The highest BCUT2D eigenvalue weighted by atomic mass is 32.2. The van der Waals surface area contributed by atoms with E-state index in [1.807, 2.05) is 0 Å². The van der Waals surface area contributed by atoms with E-state index < -0.39 is 83.5 Å². The highest BCUT2D eigenvalue weighted by molar-refractivity contribution is 7.95. The summed E-state index contributed by atoms with van der Waals surface area (Å²) in [7, 11) is -16.0. The van der Waals surface area contributed by atoms with Gasteiger partial charge >= 0.3 is 0 Å². The topological polar surface area (TPSA) is 375 Å². The Morgan fingerprint density at radius 2 is 1.17 bits per heavy atom. The number of rotatable bonds is 16. The summed E-state index contributed by atoms with van der Waals surface area (Å²) in [6, 6.07) is 7.94. The molecular formula is C22H17N5O19S6. The maximum atomic E-state index is 12.9. The predicted molar refractivity (Wildman–Crippen MR) is 173 cm³/mol. The number of fused-ring (bicyclic) bond motifs is 1. The lowest BCUT2D eigenvalue weighted by molar-refractivity contribution is -0.432. The first-order valence-corrected chi connectivity index (χ1v) is 19.1. The standard InChI is InChI=1S/C22H17N5O19S6/c23-10-1-3-14(48-45-42-30)12(7-10)24-27-20-17(51(35,36)37)6-9-5-15(49-46-43-31)19(22(52(38,39)40)18(9)21(20)28)26-25-13-8-11(47-44-41-29)2-4-16(13)50(32,33)34/h1-8,28-31H,23H2,(H,32,33,34)(H,35,36,37)(H,38,39,40). The lowest BCUT2D eigenvalue weighted by Crippen LogP contribution is -2.04. The second kappa shape index (κ2) is 17.0. The molecule has 30 heteroatoms. The fourth-order valence-corrected chi connectivity index (χ4v) is 7.54. The highest BCUT2D eigenvalue weighted by Gasteiger charge is 2.31. The lowest BCUT2D eigenvalue weighted by Gasteiger charge is -2.15. The van der Waals surface area contributed by atoms with E-state index in [1.165, 1.54) is 12.1 Å². The zero-order valence-electron chi connectivity index (χ0n) is 24.5. The Labute approximate surface area is 302 Å². The van der Waals surface area contributed by atoms with Crippen LogP contribution in [-0.4, -0.2) is 59.8 Å². The molecule has 0 amide bonds. The minimum absolute atomic E-state index is 0.0250. The van der Waals surface area contributed by atoms with Crippen LogP contribution >= 0.6 is 36.1 Å². The van der Waals surface area contributed by atoms with Crippen LogP contribution in [0.3, 0.4) is 0 Å². The number of benzene rings is 4. The Kier molecular flexibility index (Phi) is 13.4. The van der Waals surface area contributed by atoms with Crippen LogP contribution in [0.25, 0.3) is 10.8 Å². The number of aromatic hydroxyl groups is 1. The number of nitrogens with two attached hydrogens (primary N) is 1. The van der Waals surface area contributed by atoms with Crippen LogP contribution in [0.2, 0.25) is 0 Å². The maximum absolute atomic E-state index is 12.9. The zero-order valence-corrected chi connectivity index (χ0v) is 29.4. The van der Waals surface area contributed by atoms with E-state index in [2.05, 4.69) is 48.6 Å². The number of anilines is 1. The van der Waals surface area contributed by atoms with E-state index >= 15 is 0 Å². The summed E-state index contributed by atoms with van der Waals surface area (Å²) in [5.41, 5.74) is 2.76. The molecule has 0 aromatic heterocycles. The van der Waals surface area contributed by atoms with Gasteiger partial charge in [-0.3, -0.25) is 13.7 Å². The molecule has 0 aliphatic carbocycles. The molecule has 0 radical (unpaired) electrons. The van der Waals surface area contributed by atoms with Crippen molar-refractivity contribution in [1.29, 1.82) is 0 Å². The molecule has 280 valence electrons. The molecule has 0 bridgehead atoms. The summed E-state index contributed by atoms with van der Waals surface area (Å²) in [6.07, 6.45) is 0. The van der Waals surface area contributed by atoms with E-state index in [-0.39, 0.29) is 33.2 Å². The Bertz CT molecular complexity index is 2400. The number of phenols is 1. The average Bonchev–Trinajstić information content (AvgIpc) is 3.06. The molecule has 0 aliphatic rings. The van der Waals surface area contributed by atoms with Gasteiger partial charge in [0.1, 0.15) is 37.4 Å². The van der Waals surface area contributed by atoms with Crippen LogP contribution < -0.4 is 5.73 Å². The molecule has 0 spiro atoms. The molecule has 0 atom stereocenters. The summed E-state index contributed by atoms with van der Waals surface area (Å²) in [6.45, 7) is 0. The van der Waals surface area contributed by atoms with Crippen molar-refractivity contribution in [3.63, 3.8) is 0 Å². The van der Waals surface area contributed by atoms with Crippen LogP contribution in [0, 0.1) is 0 Å². The summed E-state index contributed by atoms with van der Waals surface area (Å²) in [4.78, 5) is -4.09. The number of hydrogen-bond acceptors (Lipinski definition) is 24. The smallest absolute Gasteiger partial charge is 0.297 e. The minimum atomic E-state index is -5.63. The van der Waals surface area contributed by atoms with E-state index in [0.717, 1.165) is 30.3 Å².